The second-order valence-corrected chi connectivity index (χ2v) is 11.2. The van der Waals surface area contributed by atoms with Crippen LogP contribution in [0.15, 0.2) is 97.3 Å². The van der Waals surface area contributed by atoms with Crippen molar-refractivity contribution in [3.63, 3.8) is 0 Å². The summed E-state index contributed by atoms with van der Waals surface area (Å²) in [5.41, 5.74) is 7.05. The number of rotatable bonds is 9. The van der Waals surface area contributed by atoms with Gasteiger partial charge in [0.15, 0.2) is 0 Å². The van der Waals surface area contributed by atoms with Gasteiger partial charge in [-0.25, -0.2) is 0 Å². The van der Waals surface area contributed by atoms with E-state index in [0.29, 0.717) is 28.1 Å². The normalized spacial score (nSPS) is 16.6. The maximum Gasteiger partial charge on any atom is 0.258 e. The Morgan fingerprint density at radius 2 is 1.65 bits per heavy atom. The summed E-state index contributed by atoms with van der Waals surface area (Å²) < 4.78 is 0. The number of nitrogens with zero attached hydrogens (tertiary/aromatic N) is 2. The number of benzene rings is 3. The minimum absolute atomic E-state index is 0.108. The topological polar surface area (TPSA) is 86.4 Å². The van der Waals surface area contributed by atoms with Gasteiger partial charge in [-0.2, -0.15) is 0 Å². The molecule has 3 heterocycles. The first kappa shape index (κ1) is 28.4. The highest BCUT2D eigenvalue weighted by Gasteiger charge is 2.30. The molecule has 1 aromatic heterocycles. The second kappa shape index (κ2) is 13.0. The van der Waals surface area contributed by atoms with E-state index in [1.54, 1.807) is 30.6 Å². The van der Waals surface area contributed by atoms with Gasteiger partial charge in [0, 0.05) is 47.0 Å². The largest absolute Gasteiger partial charge is 0.354 e. The summed E-state index contributed by atoms with van der Waals surface area (Å²) in [6.45, 7) is 5.30. The van der Waals surface area contributed by atoms with E-state index in [4.69, 9.17) is 0 Å². The van der Waals surface area contributed by atoms with Gasteiger partial charge in [-0.3, -0.25) is 19.5 Å². The van der Waals surface area contributed by atoms with Gasteiger partial charge in [0.1, 0.15) is 0 Å². The molecule has 0 radical (unpaired) electrons. The Kier molecular flexibility index (Phi) is 8.61. The van der Waals surface area contributed by atoms with Crippen molar-refractivity contribution in [2.75, 3.05) is 23.7 Å². The summed E-state index contributed by atoms with van der Waals surface area (Å²) in [5.74, 6) is -0.399. The van der Waals surface area contributed by atoms with Crippen molar-refractivity contribution >= 4 is 34.5 Å². The fourth-order valence-electron chi connectivity index (χ4n) is 5.92. The van der Waals surface area contributed by atoms with E-state index in [1.807, 2.05) is 42.5 Å². The number of aromatic nitrogens is 1. The Labute approximate surface area is 253 Å². The SMILES string of the molecule is CC[C@@H](NC(=O)c1ccc2c(c1)C(=C(Nc1ccc(CN3CCCCC3)cc1)c1ccncc1)C(=O)N2)c1ccccc1. The van der Waals surface area contributed by atoms with Gasteiger partial charge in [-0.15, -0.1) is 0 Å². The molecule has 43 heavy (non-hydrogen) atoms. The van der Waals surface area contributed by atoms with Gasteiger partial charge in [-0.1, -0.05) is 55.8 Å². The summed E-state index contributed by atoms with van der Waals surface area (Å²) in [7, 11) is 0. The summed E-state index contributed by atoms with van der Waals surface area (Å²) in [5, 5.41) is 9.68. The molecule has 2 aliphatic heterocycles. The molecule has 0 bridgehead atoms. The third-order valence-corrected chi connectivity index (χ3v) is 8.24. The standard InChI is InChI=1S/C36H37N5O2/c1-2-31(26-9-5-3-6-10-26)39-35(42)28-13-16-32-30(23-28)33(36(43)40-32)34(27-17-19-37-20-18-27)38-29-14-11-25(12-15-29)24-41-21-7-4-8-22-41/h3,5-6,9-20,23,31,38H,2,4,7-8,21-22,24H2,1H3,(H,39,42)(H,40,43)/t31-/m1/s1. The Bertz CT molecular complexity index is 1610. The minimum atomic E-state index is -0.218. The molecular formula is C36H37N5O2. The van der Waals surface area contributed by atoms with Crippen LogP contribution in [0, 0.1) is 0 Å². The van der Waals surface area contributed by atoms with Crippen molar-refractivity contribution in [3.8, 4) is 0 Å². The van der Waals surface area contributed by atoms with E-state index >= 15 is 0 Å². The van der Waals surface area contributed by atoms with Crippen LogP contribution in [-0.2, 0) is 11.3 Å². The third-order valence-electron chi connectivity index (χ3n) is 8.24. The van der Waals surface area contributed by atoms with Crippen LogP contribution in [0.5, 0.6) is 0 Å². The van der Waals surface area contributed by atoms with Gasteiger partial charge in [0.2, 0.25) is 0 Å². The number of anilines is 2. The van der Waals surface area contributed by atoms with Crippen molar-refractivity contribution in [3.05, 3.63) is 125 Å². The van der Waals surface area contributed by atoms with E-state index in [-0.39, 0.29) is 17.9 Å². The van der Waals surface area contributed by atoms with E-state index < -0.39 is 0 Å². The molecule has 2 aliphatic rings. The molecule has 0 unspecified atom stereocenters. The van der Waals surface area contributed by atoms with Crippen LogP contribution in [-0.4, -0.2) is 34.8 Å². The molecule has 1 atom stereocenters. The average Bonchev–Trinajstić information content (AvgIpc) is 3.39. The molecule has 3 aromatic carbocycles. The molecule has 6 rings (SSSR count). The molecule has 7 nitrogen and oxygen atoms in total. The minimum Gasteiger partial charge on any atom is -0.354 e. The van der Waals surface area contributed by atoms with E-state index in [9.17, 15) is 9.59 Å². The number of likely N-dealkylation sites (tertiary alicyclic amines) is 1. The lowest BCUT2D eigenvalue weighted by atomic mass is 9.98. The average molecular weight is 572 g/mol. The Morgan fingerprint density at radius 1 is 0.907 bits per heavy atom. The van der Waals surface area contributed by atoms with Crippen molar-refractivity contribution in [1.82, 2.24) is 15.2 Å². The zero-order valence-corrected chi connectivity index (χ0v) is 24.5. The van der Waals surface area contributed by atoms with E-state index in [0.717, 1.165) is 42.9 Å². The quantitative estimate of drug-likeness (QED) is 0.191. The van der Waals surface area contributed by atoms with Gasteiger partial charge >= 0.3 is 0 Å². The highest BCUT2D eigenvalue weighted by Crippen LogP contribution is 2.38. The predicted molar refractivity (Wildman–Crippen MR) is 172 cm³/mol. The van der Waals surface area contributed by atoms with E-state index in [2.05, 4.69) is 57.0 Å². The molecule has 2 amide bonds. The van der Waals surface area contributed by atoms with E-state index in [1.165, 1.54) is 24.8 Å². The molecule has 3 N–H and O–H groups in total. The van der Waals surface area contributed by atoms with Gasteiger partial charge in [0.05, 0.1) is 17.3 Å². The molecule has 0 saturated carbocycles. The number of hydrogen-bond acceptors (Lipinski definition) is 5. The fourth-order valence-corrected chi connectivity index (χ4v) is 5.92. The number of amides is 2. The van der Waals surface area contributed by atoms with Crippen LogP contribution < -0.4 is 16.0 Å². The van der Waals surface area contributed by atoms with Gasteiger partial charge < -0.3 is 16.0 Å². The Balaban J connectivity index is 1.31. The number of piperidine rings is 1. The summed E-state index contributed by atoms with van der Waals surface area (Å²) >= 11 is 0. The van der Waals surface area contributed by atoms with Crippen LogP contribution in [0.25, 0.3) is 11.3 Å². The first-order valence-corrected chi connectivity index (χ1v) is 15.1. The Morgan fingerprint density at radius 3 is 2.37 bits per heavy atom. The lowest BCUT2D eigenvalue weighted by Gasteiger charge is -2.26. The maximum absolute atomic E-state index is 13.5. The molecule has 7 heteroatoms. The summed E-state index contributed by atoms with van der Waals surface area (Å²) in [6.07, 6.45) is 8.04. The van der Waals surface area contributed by atoms with Crippen LogP contribution in [0.3, 0.4) is 0 Å². The van der Waals surface area contributed by atoms with Crippen molar-refractivity contribution in [2.24, 2.45) is 0 Å². The molecule has 4 aromatic rings. The highest BCUT2D eigenvalue weighted by molar-refractivity contribution is 6.37. The molecule has 1 fully saturated rings. The molecular weight excluding hydrogens is 534 g/mol. The first-order chi connectivity index (χ1) is 21.1. The van der Waals surface area contributed by atoms with Gasteiger partial charge in [-0.05, 0) is 85.9 Å². The van der Waals surface area contributed by atoms with Gasteiger partial charge in [0.25, 0.3) is 11.8 Å². The third kappa shape index (κ3) is 6.52. The molecule has 0 spiro atoms. The zero-order valence-electron chi connectivity index (χ0n) is 24.5. The number of pyridine rings is 1. The number of carbonyl (C=O) groups is 2. The van der Waals surface area contributed by atoms with Crippen molar-refractivity contribution in [1.29, 1.82) is 0 Å². The number of nitrogens with one attached hydrogen (secondary N) is 3. The predicted octanol–water partition coefficient (Wildman–Crippen LogP) is 6.88. The van der Waals surface area contributed by atoms with Crippen LogP contribution in [0.2, 0.25) is 0 Å². The second-order valence-electron chi connectivity index (χ2n) is 11.2. The number of fused-ring (bicyclic) bond motifs is 1. The van der Waals surface area contributed by atoms with Crippen LogP contribution in [0.1, 0.15) is 71.3 Å². The number of hydrogen-bond donors (Lipinski definition) is 3. The highest BCUT2D eigenvalue weighted by atomic mass is 16.2. The van der Waals surface area contributed by atoms with Crippen LogP contribution in [0.4, 0.5) is 11.4 Å². The summed E-state index contributed by atoms with van der Waals surface area (Å²) in [4.78, 5) is 33.6. The maximum atomic E-state index is 13.5. The smallest absolute Gasteiger partial charge is 0.258 e. The fraction of sp³-hybridized carbons (Fsp3) is 0.250. The van der Waals surface area contributed by atoms with Crippen LogP contribution >= 0.6 is 0 Å². The number of carbonyl (C=O) groups excluding carboxylic acids is 2. The molecule has 1 saturated heterocycles. The molecule has 218 valence electrons. The van der Waals surface area contributed by atoms with Crippen molar-refractivity contribution in [2.45, 2.75) is 45.2 Å². The first-order valence-electron chi connectivity index (χ1n) is 15.1. The van der Waals surface area contributed by atoms with Crippen molar-refractivity contribution < 1.29 is 9.59 Å². The zero-order chi connectivity index (χ0) is 29.6. The lowest BCUT2D eigenvalue weighted by Crippen LogP contribution is -2.29. The monoisotopic (exact) mass is 571 g/mol. The lowest BCUT2D eigenvalue weighted by molar-refractivity contribution is -0.110. The molecule has 0 aliphatic carbocycles. The Hall–Kier alpha value is -4.75. The summed E-state index contributed by atoms with van der Waals surface area (Å²) in [6, 6.07) is 27.4.